The van der Waals surface area contributed by atoms with Gasteiger partial charge in [-0.25, -0.2) is 0 Å². The monoisotopic (exact) mass is 208 g/mol. The van der Waals surface area contributed by atoms with Crippen LogP contribution in [0.1, 0.15) is 45.2 Å². The molecule has 15 heavy (non-hydrogen) atoms. The number of hydrogen-bond acceptors (Lipinski definition) is 2. The van der Waals surface area contributed by atoms with Crippen LogP contribution in [0.2, 0.25) is 0 Å². The quantitative estimate of drug-likeness (QED) is 0.824. The Balaban J connectivity index is 2.12. The van der Waals surface area contributed by atoms with Crippen LogP contribution in [-0.2, 0) is 12.1 Å². The van der Waals surface area contributed by atoms with Crippen LogP contribution in [-0.4, -0.2) is 14.9 Å². The lowest BCUT2D eigenvalue weighted by Crippen LogP contribution is -2.30. The Labute approximate surface area is 91.1 Å². The zero-order chi connectivity index (χ0) is 10.9. The maximum Gasteiger partial charge on any atom is 0.104 e. The Morgan fingerprint density at radius 3 is 2.87 bits per heavy atom. The third-order valence-corrected chi connectivity index (χ3v) is 3.48. The van der Waals surface area contributed by atoms with Gasteiger partial charge in [0.05, 0.1) is 5.69 Å². The van der Waals surface area contributed by atoms with Crippen LogP contribution in [0.15, 0.2) is 12.3 Å². The largest absolute Gasteiger partial charge is 0.384 e. The van der Waals surface area contributed by atoms with E-state index in [4.69, 9.17) is 0 Å². The van der Waals surface area contributed by atoms with E-state index in [1.54, 1.807) is 6.20 Å². The molecule has 0 bridgehead atoms. The van der Waals surface area contributed by atoms with Gasteiger partial charge in [-0.3, -0.25) is 4.68 Å². The van der Waals surface area contributed by atoms with Gasteiger partial charge in [-0.05, 0) is 32.3 Å². The Hall–Kier alpha value is -0.830. The molecule has 3 nitrogen and oxygen atoms in total. The molecule has 0 saturated heterocycles. The van der Waals surface area contributed by atoms with Crippen LogP contribution >= 0.6 is 0 Å². The summed E-state index contributed by atoms with van der Waals surface area (Å²) < 4.78 is 1.89. The second-order valence-electron chi connectivity index (χ2n) is 4.81. The normalized spacial score (nSPS) is 21.0. The Morgan fingerprint density at radius 1 is 1.60 bits per heavy atom. The highest BCUT2D eigenvalue weighted by molar-refractivity contribution is 5.11. The number of rotatable bonds is 4. The van der Waals surface area contributed by atoms with Gasteiger partial charge in [0.25, 0.3) is 0 Å². The fraction of sp³-hybridized carbons (Fsp3) is 0.750. The predicted octanol–water partition coefficient (Wildman–Crippen LogP) is 2.30. The second-order valence-corrected chi connectivity index (χ2v) is 4.81. The maximum absolute atomic E-state index is 10.5. The minimum absolute atomic E-state index is 0.709. The molecule has 1 atom stereocenters. The van der Waals surface area contributed by atoms with Crippen molar-refractivity contribution < 1.29 is 5.11 Å². The van der Waals surface area contributed by atoms with Gasteiger partial charge in [0.1, 0.15) is 5.60 Å². The number of hydrogen-bond donors (Lipinski definition) is 1. The van der Waals surface area contributed by atoms with Crippen LogP contribution in [0.25, 0.3) is 0 Å². The SMILES string of the molecule is CCn1nccc1C(C)(O)CC1CCC1. The summed E-state index contributed by atoms with van der Waals surface area (Å²) in [7, 11) is 0. The first kappa shape index (κ1) is 10.7. The smallest absolute Gasteiger partial charge is 0.104 e. The van der Waals surface area contributed by atoms with E-state index in [-0.39, 0.29) is 0 Å². The molecule has 0 aromatic carbocycles. The summed E-state index contributed by atoms with van der Waals surface area (Å²) in [5.41, 5.74) is 0.245. The lowest BCUT2D eigenvalue weighted by atomic mass is 9.77. The molecule has 1 heterocycles. The standard InChI is InChI=1S/C12H20N2O/c1-3-14-11(7-8-13-14)12(2,15)9-10-5-4-6-10/h7-8,10,15H,3-6,9H2,1-2H3. The van der Waals surface area contributed by atoms with Crippen molar-refractivity contribution in [2.75, 3.05) is 0 Å². The Bertz CT molecular complexity index is 326. The average molecular weight is 208 g/mol. The lowest BCUT2D eigenvalue weighted by Gasteiger charge is -2.33. The van der Waals surface area contributed by atoms with Crippen molar-refractivity contribution in [3.05, 3.63) is 18.0 Å². The Kier molecular flexibility index (Phi) is 2.83. The zero-order valence-electron chi connectivity index (χ0n) is 9.61. The molecule has 1 aliphatic carbocycles. The summed E-state index contributed by atoms with van der Waals surface area (Å²) in [6.45, 7) is 4.79. The summed E-state index contributed by atoms with van der Waals surface area (Å²) in [6.07, 6.45) is 6.52. The van der Waals surface area contributed by atoms with Gasteiger partial charge < -0.3 is 5.11 Å². The molecule has 1 saturated carbocycles. The third kappa shape index (κ3) is 2.07. The van der Waals surface area contributed by atoms with Crippen molar-refractivity contribution in [1.29, 1.82) is 0 Å². The number of aromatic nitrogens is 2. The first-order chi connectivity index (χ1) is 7.13. The number of nitrogens with zero attached hydrogens (tertiary/aromatic N) is 2. The molecule has 1 aromatic heterocycles. The van der Waals surface area contributed by atoms with Gasteiger partial charge in [-0.2, -0.15) is 5.10 Å². The summed E-state index contributed by atoms with van der Waals surface area (Å²) in [5.74, 6) is 0.709. The van der Waals surface area contributed by atoms with E-state index in [2.05, 4.69) is 12.0 Å². The van der Waals surface area contributed by atoms with Gasteiger partial charge in [0.15, 0.2) is 0 Å². The van der Waals surface area contributed by atoms with Crippen molar-refractivity contribution >= 4 is 0 Å². The molecule has 1 unspecified atom stereocenters. The van der Waals surface area contributed by atoms with E-state index < -0.39 is 5.60 Å². The minimum atomic E-state index is -0.711. The maximum atomic E-state index is 10.5. The number of aryl methyl sites for hydroxylation is 1. The van der Waals surface area contributed by atoms with E-state index in [0.717, 1.165) is 18.7 Å². The van der Waals surface area contributed by atoms with Gasteiger partial charge in [-0.15, -0.1) is 0 Å². The van der Waals surface area contributed by atoms with E-state index in [9.17, 15) is 5.11 Å². The van der Waals surface area contributed by atoms with Crippen molar-refractivity contribution in [2.24, 2.45) is 5.92 Å². The molecule has 1 aromatic rings. The highest BCUT2D eigenvalue weighted by Crippen LogP contribution is 2.37. The predicted molar refractivity (Wildman–Crippen MR) is 59.4 cm³/mol. The van der Waals surface area contributed by atoms with Gasteiger partial charge in [0.2, 0.25) is 0 Å². The third-order valence-electron chi connectivity index (χ3n) is 3.48. The molecular weight excluding hydrogens is 188 g/mol. The molecule has 1 N–H and O–H groups in total. The molecular formula is C12H20N2O. The van der Waals surface area contributed by atoms with E-state index in [1.807, 2.05) is 17.7 Å². The fourth-order valence-electron chi connectivity index (χ4n) is 2.41. The highest BCUT2D eigenvalue weighted by Gasteiger charge is 2.32. The van der Waals surface area contributed by atoms with E-state index >= 15 is 0 Å². The van der Waals surface area contributed by atoms with Crippen LogP contribution in [0.5, 0.6) is 0 Å². The van der Waals surface area contributed by atoms with E-state index in [0.29, 0.717) is 5.92 Å². The first-order valence-electron chi connectivity index (χ1n) is 5.88. The molecule has 2 rings (SSSR count). The summed E-state index contributed by atoms with van der Waals surface area (Å²) in [4.78, 5) is 0. The highest BCUT2D eigenvalue weighted by atomic mass is 16.3. The van der Waals surface area contributed by atoms with Gasteiger partial charge >= 0.3 is 0 Å². The molecule has 0 amide bonds. The molecule has 1 fully saturated rings. The molecule has 0 spiro atoms. The minimum Gasteiger partial charge on any atom is -0.384 e. The van der Waals surface area contributed by atoms with Crippen molar-refractivity contribution in [3.63, 3.8) is 0 Å². The van der Waals surface area contributed by atoms with Crippen molar-refractivity contribution in [3.8, 4) is 0 Å². The van der Waals surface area contributed by atoms with Gasteiger partial charge in [0, 0.05) is 12.7 Å². The zero-order valence-corrected chi connectivity index (χ0v) is 9.61. The molecule has 0 aliphatic heterocycles. The first-order valence-corrected chi connectivity index (χ1v) is 5.88. The molecule has 0 radical (unpaired) electrons. The van der Waals surface area contributed by atoms with Crippen LogP contribution in [0, 0.1) is 5.92 Å². The van der Waals surface area contributed by atoms with Crippen LogP contribution in [0.3, 0.4) is 0 Å². The van der Waals surface area contributed by atoms with Crippen LogP contribution in [0.4, 0.5) is 0 Å². The fourth-order valence-corrected chi connectivity index (χ4v) is 2.41. The molecule has 1 aliphatic rings. The van der Waals surface area contributed by atoms with Crippen molar-refractivity contribution in [2.45, 2.75) is 51.7 Å². The topological polar surface area (TPSA) is 38.0 Å². The summed E-state index contributed by atoms with van der Waals surface area (Å²) >= 11 is 0. The lowest BCUT2D eigenvalue weighted by molar-refractivity contribution is 0.00835. The molecule has 3 heteroatoms. The van der Waals surface area contributed by atoms with Crippen LogP contribution < -0.4 is 0 Å². The Morgan fingerprint density at radius 2 is 2.33 bits per heavy atom. The molecule has 84 valence electrons. The van der Waals surface area contributed by atoms with Crippen molar-refractivity contribution in [1.82, 2.24) is 9.78 Å². The summed E-state index contributed by atoms with van der Waals surface area (Å²) in [5, 5.41) is 14.7. The second kappa shape index (κ2) is 3.97. The summed E-state index contributed by atoms with van der Waals surface area (Å²) in [6, 6.07) is 1.93. The average Bonchev–Trinajstić information content (AvgIpc) is 2.60. The number of aliphatic hydroxyl groups is 1. The van der Waals surface area contributed by atoms with Gasteiger partial charge in [-0.1, -0.05) is 19.3 Å². The van der Waals surface area contributed by atoms with E-state index in [1.165, 1.54) is 19.3 Å².